The molecule has 11 heteroatoms. The van der Waals surface area contributed by atoms with Gasteiger partial charge in [0.05, 0.1) is 10.6 Å². The molecular formula is C23H19FN6O3S. The lowest BCUT2D eigenvalue weighted by Gasteiger charge is -2.20. The summed E-state index contributed by atoms with van der Waals surface area (Å²) < 4.78 is 43.5. The molecule has 9 nitrogen and oxygen atoms in total. The average molecular weight is 479 g/mol. The second kappa shape index (κ2) is 8.34. The number of sulfonamides is 1. The minimum atomic E-state index is -3.85. The third kappa shape index (κ3) is 3.79. The molecule has 0 bridgehead atoms. The SMILES string of the molecule is Cc1nnnn1-c1cc(NC(=O)c2cccc(S(=O)(=O)N3CCc4ccccc43)c2)ccc1F. The van der Waals surface area contributed by atoms with Crippen LogP contribution in [-0.4, -0.2) is 41.1 Å². The lowest BCUT2D eigenvalue weighted by molar-refractivity contribution is 0.102. The van der Waals surface area contributed by atoms with E-state index >= 15 is 0 Å². The molecule has 1 amide bonds. The number of para-hydroxylation sites is 1. The first-order valence-electron chi connectivity index (χ1n) is 10.4. The van der Waals surface area contributed by atoms with Gasteiger partial charge in [-0.05, 0) is 71.8 Å². The van der Waals surface area contributed by atoms with Gasteiger partial charge in [0.2, 0.25) is 0 Å². The van der Waals surface area contributed by atoms with Crippen LogP contribution in [0.15, 0.2) is 71.6 Å². The summed E-state index contributed by atoms with van der Waals surface area (Å²) in [5, 5.41) is 13.7. The minimum absolute atomic E-state index is 0.0148. The molecule has 0 radical (unpaired) electrons. The smallest absolute Gasteiger partial charge is 0.264 e. The fraction of sp³-hybridized carbons (Fsp3) is 0.130. The molecule has 172 valence electrons. The number of hydrogen-bond donors (Lipinski definition) is 1. The molecule has 2 heterocycles. The van der Waals surface area contributed by atoms with Crippen molar-refractivity contribution in [1.82, 2.24) is 20.2 Å². The molecule has 0 spiro atoms. The van der Waals surface area contributed by atoms with E-state index in [1.807, 2.05) is 12.1 Å². The fourth-order valence-electron chi connectivity index (χ4n) is 3.89. The largest absolute Gasteiger partial charge is 0.322 e. The number of hydrogen-bond acceptors (Lipinski definition) is 6. The zero-order valence-electron chi connectivity index (χ0n) is 18.0. The molecule has 1 aromatic heterocycles. The van der Waals surface area contributed by atoms with Crippen molar-refractivity contribution in [2.24, 2.45) is 0 Å². The van der Waals surface area contributed by atoms with Gasteiger partial charge in [0, 0.05) is 17.8 Å². The van der Waals surface area contributed by atoms with E-state index in [0.717, 1.165) is 5.56 Å². The summed E-state index contributed by atoms with van der Waals surface area (Å²) in [5.41, 5.74) is 2.14. The molecule has 0 saturated carbocycles. The Kier molecular flexibility index (Phi) is 5.33. The van der Waals surface area contributed by atoms with Gasteiger partial charge in [0.15, 0.2) is 5.82 Å². The van der Waals surface area contributed by atoms with Crippen LogP contribution in [0.4, 0.5) is 15.8 Å². The number of nitrogens with one attached hydrogen (secondary N) is 1. The van der Waals surface area contributed by atoms with Gasteiger partial charge >= 0.3 is 0 Å². The van der Waals surface area contributed by atoms with Gasteiger partial charge in [-0.2, -0.15) is 4.68 Å². The zero-order chi connectivity index (χ0) is 23.9. The Morgan fingerprint density at radius 2 is 1.85 bits per heavy atom. The van der Waals surface area contributed by atoms with Crippen molar-refractivity contribution in [2.45, 2.75) is 18.2 Å². The minimum Gasteiger partial charge on any atom is -0.322 e. The quantitative estimate of drug-likeness (QED) is 0.472. The van der Waals surface area contributed by atoms with E-state index < -0.39 is 21.7 Å². The monoisotopic (exact) mass is 478 g/mol. The second-order valence-corrected chi connectivity index (χ2v) is 9.60. The van der Waals surface area contributed by atoms with E-state index in [-0.39, 0.29) is 16.1 Å². The number of halogens is 1. The molecule has 5 rings (SSSR count). The van der Waals surface area contributed by atoms with E-state index in [9.17, 15) is 17.6 Å². The Bertz CT molecular complexity index is 1520. The van der Waals surface area contributed by atoms with Crippen LogP contribution in [0.2, 0.25) is 0 Å². The molecule has 0 aliphatic carbocycles. The molecule has 1 aliphatic heterocycles. The van der Waals surface area contributed by atoms with Crippen LogP contribution in [0.25, 0.3) is 5.69 Å². The van der Waals surface area contributed by atoms with Crippen LogP contribution in [0.1, 0.15) is 21.7 Å². The van der Waals surface area contributed by atoms with E-state index in [0.29, 0.717) is 30.2 Å². The lowest BCUT2D eigenvalue weighted by Crippen LogP contribution is -2.29. The fourth-order valence-corrected chi connectivity index (χ4v) is 5.44. The first kappa shape index (κ1) is 21.7. The van der Waals surface area contributed by atoms with Gasteiger partial charge in [-0.3, -0.25) is 9.10 Å². The Labute approximate surface area is 194 Å². The van der Waals surface area contributed by atoms with E-state index in [1.54, 1.807) is 19.1 Å². The number of amides is 1. The molecule has 3 aromatic carbocycles. The summed E-state index contributed by atoms with van der Waals surface area (Å²) >= 11 is 0. The summed E-state index contributed by atoms with van der Waals surface area (Å²) in [7, 11) is -3.85. The highest BCUT2D eigenvalue weighted by atomic mass is 32.2. The van der Waals surface area contributed by atoms with Crippen LogP contribution in [0, 0.1) is 12.7 Å². The first-order valence-corrected chi connectivity index (χ1v) is 11.9. The molecule has 0 saturated heterocycles. The van der Waals surface area contributed by atoms with Gasteiger partial charge in [0.1, 0.15) is 11.5 Å². The Balaban J connectivity index is 1.41. The number of fused-ring (bicyclic) bond motifs is 1. The van der Waals surface area contributed by atoms with Gasteiger partial charge in [-0.1, -0.05) is 24.3 Å². The van der Waals surface area contributed by atoms with Crippen molar-refractivity contribution in [2.75, 3.05) is 16.2 Å². The number of anilines is 2. The van der Waals surface area contributed by atoms with Crippen molar-refractivity contribution in [3.05, 3.63) is 89.5 Å². The summed E-state index contributed by atoms with van der Waals surface area (Å²) in [5.74, 6) is -0.721. The molecule has 0 atom stereocenters. The summed E-state index contributed by atoms with van der Waals surface area (Å²) in [6.45, 7) is 1.96. The number of rotatable bonds is 5. The van der Waals surface area contributed by atoms with Crippen LogP contribution in [0.3, 0.4) is 0 Å². The third-order valence-electron chi connectivity index (χ3n) is 5.59. The summed E-state index contributed by atoms with van der Waals surface area (Å²) in [6, 6.07) is 17.2. The van der Waals surface area contributed by atoms with Crippen LogP contribution in [-0.2, 0) is 16.4 Å². The normalized spacial score (nSPS) is 13.1. The highest BCUT2D eigenvalue weighted by molar-refractivity contribution is 7.92. The Hall–Kier alpha value is -4.12. The molecule has 1 aliphatic rings. The van der Waals surface area contributed by atoms with Crippen LogP contribution < -0.4 is 9.62 Å². The molecular weight excluding hydrogens is 459 g/mol. The van der Waals surface area contributed by atoms with E-state index in [1.165, 1.54) is 51.5 Å². The number of carbonyl (C=O) groups excluding carboxylic acids is 1. The van der Waals surface area contributed by atoms with Gasteiger partial charge in [-0.15, -0.1) is 5.10 Å². The first-order chi connectivity index (χ1) is 16.3. The summed E-state index contributed by atoms with van der Waals surface area (Å²) in [6.07, 6.45) is 0.628. The van der Waals surface area contributed by atoms with Gasteiger partial charge in [0.25, 0.3) is 15.9 Å². The average Bonchev–Trinajstić information content (AvgIpc) is 3.47. The number of nitrogens with zero attached hydrogens (tertiary/aromatic N) is 5. The number of aryl methyl sites for hydroxylation is 1. The molecule has 0 fully saturated rings. The van der Waals surface area contributed by atoms with Gasteiger partial charge in [-0.25, -0.2) is 12.8 Å². The molecule has 1 N–H and O–H groups in total. The predicted molar refractivity (Wildman–Crippen MR) is 123 cm³/mol. The number of aromatic nitrogens is 4. The van der Waals surface area contributed by atoms with Gasteiger partial charge < -0.3 is 5.32 Å². The maximum absolute atomic E-state index is 14.3. The number of tetrazole rings is 1. The van der Waals surface area contributed by atoms with Crippen molar-refractivity contribution >= 4 is 27.3 Å². The highest BCUT2D eigenvalue weighted by Crippen LogP contribution is 2.32. The van der Waals surface area contributed by atoms with Crippen molar-refractivity contribution < 1.29 is 17.6 Å². The van der Waals surface area contributed by atoms with Crippen molar-refractivity contribution in [3.8, 4) is 5.69 Å². The van der Waals surface area contributed by atoms with Crippen LogP contribution in [0.5, 0.6) is 0 Å². The van der Waals surface area contributed by atoms with E-state index in [4.69, 9.17) is 0 Å². The highest BCUT2D eigenvalue weighted by Gasteiger charge is 2.31. The lowest BCUT2D eigenvalue weighted by atomic mass is 10.2. The predicted octanol–water partition coefficient (Wildman–Crippen LogP) is 3.11. The Morgan fingerprint density at radius 3 is 2.65 bits per heavy atom. The second-order valence-electron chi connectivity index (χ2n) is 7.74. The maximum Gasteiger partial charge on any atom is 0.264 e. The standard InChI is InChI=1S/C23H19FN6O3S/c1-15-26-27-28-30(15)22-14-18(9-10-20(22)24)25-23(31)17-6-4-7-19(13-17)34(32,33)29-12-11-16-5-2-3-8-21(16)29/h2-10,13-14H,11-12H2,1H3,(H,25,31). The van der Waals surface area contributed by atoms with Crippen molar-refractivity contribution in [3.63, 3.8) is 0 Å². The van der Waals surface area contributed by atoms with Crippen LogP contribution >= 0.6 is 0 Å². The summed E-state index contributed by atoms with van der Waals surface area (Å²) in [4.78, 5) is 12.9. The molecule has 34 heavy (non-hydrogen) atoms. The topological polar surface area (TPSA) is 110 Å². The zero-order valence-corrected chi connectivity index (χ0v) is 18.8. The molecule has 0 unspecified atom stereocenters. The maximum atomic E-state index is 14.3. The number of carbonyl (C=O) groups is 1. The van der Waals surface area contributed by atoms with Crippen molar-refractivity contribution in [1.29, 1.82) is 0 Å². The third-order valence-corrected chi connectivity index (χ3v) is 7.40. The molecule has 4 aromatic rings. The number of benzene rings is 3. The Morgan fingerprint density at radius 1 is 1.03 bits per heavy atom. The van der Waals surface area contributed by atoms with E-state index in [2.05, 4.69) is 20.8 Å².